The van der Waals surface area contributed by atoms with Gasteiger partial charge in [0, 0.05) is 30.6 Å². The summed E-state index contributed by atoms with van der Waals surface area (Å²) in [7, 11) is 0. The van der Waals surface area contributed by atoms with Crippen molar-refractivity contribution in [2.45, 2.75) is 33.2 Å². The van der Waals surface area contributed by atoms with E-state index in [1.165, 1.54) is 0 Å². The van der Waals surface area contributed by atoms with Crippen molar-refractivity contribution in [3.8, 4) is 5.75 Å². The van der Waals surface area contributed by atoms with Crippen LogP contribution in [0, 0.1) is 5.41 Å². The largest absolute Gasteiger partial charge is 0.494 e. The van der Waals surface area contributed by atoms with Crippen LogP contribution in [0.5, 0.6) is 5.75 Å². The second-order valence-corrected chi connectivity index (χ2v) is 7.48. The number of rotatable bonds is 6. The third kappa shape index (κ3) is 4.71. The van der Waals surface area contributed by atoms with E-state index in [4.69, 9.17) is 4.74 Å². The molecule has 2 amide bonds. The van der Waals surface area contributed by atoms with E-state index in [0.717, 1.165) is 11.3 Å². The minimum absolute atomic E-state index is 0.00907. The second-order valence-electron chi connectivity index (χ2n) is 7.48. The Morgan fingerprint density at radius 1 is 1.04 bits per heavy atom. The number of nitrogens with one attached hydrogen (secondary N) is 1. The van der Waals surface area contributed by atoms with Crippen LogP contribution in [-0.4, -0.2) is 36.4 Å². The van der Waals surface area contributed by atoms with Crippen molar-refractivity contribution in [1.82, 2.24) is 10.2 Å². The van der Waals surface area contributed by atoms with Gasteiger partial charge in [-0.05, 0) is 49.6 Å². The van der Waals surface area contributed by atoms with Crippen molar-refractivity contribution in [3.05, 3.63) is 65.7 Å². The average molecular weight is 380 g/mol. The molecular formula is C23H28N2O3. The molecule has 148 valence electrons. The molecule has 0 unspecified atom stereocenters. The Morgan fingerprint density at radius 2 is 1.68 bits per heavy atom. The van der Waals surface area contributed by atoms with Crippen molar-refractivity contribution in [2.24, 2.45) is 5.41 Å². The normalized spacial score (nSPS) is 15.7. The summed E-state index contributed by atoms with van der Waals surface area (Å²) < 4.78 is 5.43. The number of piperidine rings is 1. The summed E-state index contributed by atoms with van der Waals surface area (Å²) in [4.78, 5) is 27.3. The van der Waals surface area contributed by atoms with E-state index in [0.29, 0.717) is 44.6 Å². The lowest BCUT2D eigenvalue weighted by Crippen LogP contribution is -2.48. The first-order valence-electron chi connectivity index (χ1n) is 9.86. The summed E-state index contributed by atoms with van der Waals surface area (Å²) in [6.45, 7) is 6.23. The van der Waals surface area contributed by atoms with Gasteiger partial charge in [-0.1, -0.05) is 37.3 Å². The van der Waals surface area contributed by atoms with Crippen molar-refractivity contribution in [1.29, 1.82) is 0 Å². The molecule has 5 nitrogen and oxygen atoms in total. The molecule has 0 aromatic heterocycles. The number of amides is 2. The zero-order chi connectivity index (χ0) is 20.0. The number of ether oxygens (including phenoxy) is 1. The van der Waals surface area contributed by atoms with Crippen LogP contribution in [0.2, 0.25) is 0 Å². The van der Waals surface area contributed by atoms with Gasteiger partial charge in [-0.25, -0.2) is 0 Å². The predicted molar refractivity (Wildman–Crippen MR) is 109 cm³/mol. The van der Waals surface area contributed by atoms with E-state index in [2.05, 4.69) is 5.32 Å². The van der Waals surface area contributed by atoms with Crippen LogP contribution in [0.15, 0.2) is 54.6 Å². The first kappa shape index (κ1) is 19.9. The molecule has 0 radical (unpaired) electrons. The van der Waals surface area contributed by atoms with E-state index < -0.39 is 5.41 Å². The lowest BCUT2D eigenvalue weighted by atomic mass is 9.79. The Morgan fingerprint density at radius 3 is 2.29 bits per heavy atom. The fraction of sp³-hybridized carbons (Fsp3) is 0.391. The van der Waals surface area contributed by atoms with Crippen molar-refractivity contribution >= 4 is 11.8 Å². The van der Waals surface area contributed by atoms with Crippen LogP contribution in [0.3, 0.4) is 0 Å². The average Bonchev–Trinajstić information content (AvgIpc) is 2.73. The Labute approximate surface area is 166 Å². The molecule has 1 aliphatic heterocycles. The number of hydrogen-bond donors (Lipinski definition) is 1. The van der Waals surface area contributed by atoms with Gasteiger partial charge in [0.15, 0.2) is 0 Å². The maximum Gasteiger partial charge on any atom is 0.253 e. The Bertz CT molecular complexity index is 794. The second kappa shape index (κ2) is 8.91. The summed E-state index contributed by atoms with van der Waals surface area (Å²) >= 11 is 0. The summed E-state index contributed by atoms with van der Waals surface area (Å²) in [5.41, 5.74) is 1.30. The van der Waals surface area contributed by atoms with Gasteiger partial charge in [-0.3, -0.25) is 9.59 Å². The van der Waals surface area contributed by atoms with Crippen molar-refractivity contribution in [3.63, 3.8) is 0 Å². The first-order valence-corrected chi connectivity index (χ1v) is 9.86. The molecule has 0 aliphatic carbocycles. The lowest BCUT2D eigenvalue weighted by molar-refractivity contribution is -0.132. The quantitative estimate of drug-likeness (QED) is 0.832. The molecule has 0 atom stereocenters. The zero-order valence-corrected chi connectivity index (χ0v) is 16.6. The van der Waals surface area contributed by atoms with Gasteiger partial charge < -0.3 is 15.0 Å². The molecule has 3 rings (SSSR count). The molecule has 0 spiro atoms. The SMILES string of the molecule is CCOc1ccc(C(=O)N2CCC(C)(C(=O)NCc3ccccc3)CC2)cc1. The highest BCUT2D eigenvalue weighted by Gasteiger charge is 2.38. The number of hydrogen-bond acceptors (Lipinski definition) is 3. The molecule has 1 heterocycles. The minimum Gasteiger partial charge on any atom is -0.494 e. The smallest absolute Gasteiger partial charge is 0.253 e. The van der Waals surface area contributed by atoms with Gasteiger partial charge in [0.05, 0.1) is 6.61 Å². The highest BCUT2D eigenvalue weighted by atomic mass is 16.5. The monoisotopic (exact) mass is 380 g/mol. The molecule has 28 heavy (non-hydrogen) atoms. The molecular weight excluding hydrogens is 352 g/mol. The van der Waals surface area contributed by atoms with Crippen LogP contribution in [0.4, 0.5) is 0 Å². The highest BCUT2D eigenvalue weighted by molar-refractivity contribution is 5.94. The molecule has 0 saturated carbocycles. The van der Waals surface area contributed by atoms with Gasteiger partial charge in [-0.2, -0.15) is 0 Å². The fourth-order valence-electron chi connectivity index (χ4n) is 3.46. The molecule has 1 N–H and O–H groups in total. The third-order valence-corrected chi connectivity index (χ3v) is 5.41. The number of likely N-dealkylation sites (tertiary alicyclic amines) is 1. The van der Waals surface area contributed by atoms with E-state index in [9.17, 15) is 9.59 Å². The topological polar surface area (TPSA) is 58.6 Å². The fourth-order valence-corrected chi connectivity index (χ4v) is 3.46. The van der Waals surface area contributed by atoms with Gasteiger partial charge >= 0.3 is 0 Å². The molecule has 1 saturated heterocycles. The van der Waals surface area contributed by atoms with Crippen LogP contribution in [0.25, 0.3) is 0 Å². The highest BCUT2D eigenvalue weighted by Crippen LogP contribution is 2.32. The Hall–Kier alpha value is -2.82. The van der Waals surface area contributed by atoms with Gasteiger partial charge in [-0.15, -0.1) is 0 Å². The molecule has 2 aromatic rings. The van der Waals surface area contributed by atoms with Crippen molar-refractivity contribution in [2.75, 3.05) is 19.7 Å². The van der Waals surface area contributed by atoms with E-state index in [-0.39, 0.29) is 11.8 Å². The number of carbonyl (C=O) groups excluding carboxylic acids is 2. The van der Waals surface area contributed by atoms with Gasteiger partial charge in [0.2, 0.25) is 5.91 Å². The lowest BCUT2D eigenvalue weighted by Gasteiger charge is -2.38. The van der Waals surface area contributed by atoms with E-state index in [1.807, 2.05) is 61.2 Å². The zero-order valence-electron chi connectivity index (χ0n) is 16.6. The summed E-state index contributed by atoms with van der Waals surface area (Å²) in [6, 6.07) is 17.1. The first-order chi connectivity index (χ1) is 13.5. The third-order valence-electron chi connectivity index (χ3n) is 5.41. The number of nitrogens with zero attached hydrogens (tertiary/aromatic N) is 1. The van der Waals surface area contributed by atoms with E-state index in [1.54, 1.807) is 12.1 Å². The minimum atomic E-state index is -0.440. The predicted octanol–water partition coefficient (Wildman–Crippen LogP) is 3.64. The van der Waals surface area contributed by atoms with Crippen LogP contribution in [-0.2, 0) is 11.3 Å². The maximum atomic E-state index is 12.7. The molecule has 1 fully saturated rings. The van der Waals surface area contributed by atoms with Crippen LogP contribution in [0.1, 0.15) is 42.6 Å². The standard InChI is InChI=1S/C23H28N2O3/c1-3-28-20-11-9-19(10-12-20)21(26)25-15-13-23(2,14-16-25)22(27)24-17-18-7-5-4-6-8-18/h4-12H,3,13-17H2,1-2H3,(H,24,27). The van der Waals surface area contributed by atoms with Gasteiger partial charge in [0.1, 0.15) is 5.75 Å². The van der Waals surface area contributed by atoms with E-state index >= 15 is 0 Å². The maximum absolute atomic E-state index is 12.7. The molecule has 0 bridgehead atoms. The Balaban J connectivity index is 1.53. The molecule has 1 aliphatic rings. The van der Waals surface area contributed by atoms with Crippen LogP contribution >= 0.6 is 0 Å². The summed E-state index contributed by atoms with van der Waals surface area (Å²) in [5, 5.41) is 3.05. The van der Waals surface area contributed by atoms with Gasteiger partial charge in [0.25, 0.3) is 5.91 Å². The van der Waals surface area contributed by atoms with Crippen molar-refractivity contribution < 1.29 is 14.3 Å². The Kier molecular flexibility index (Phi) is 6.34. The number of benzene rings is 2. The summed E-state index contributed by atoms with van der Waals surface area (Å²) in [6.07, 6.45) is 1.33. The molecule has 5 heteroatoms. The van der Waals surface area contributed by atoms with Crippen LogP contribution < -0.4 is 10.1 Å². The molecule has 2 aromatic carbocycles. The number of carbonyl (C=O) groups is 2. The summed E-state index contributed by atoms with van der Waals surface area (Å²) in [5.74, 6) is 0.833.